The van der Waals surface area contributed by atoms with Crippen molar-refractivity contribution < 1.29 is 4.74 Å². The molecule has 0 fully saturated rings. The molecule has 1 atom stereocenters. The third-order valence-corrected chi connectivity index (χ3v) is 7.11. The lowest BCUT2D eigenvalue weighted by molar-refractivity contribution is 0.417. The van der Waals surface area contributed by atoms with E-state index in [1.807, 2.05) is 71.4 Å². The second kappa shape index (κ2) is 9.29. The van der Waals surface area contributed by atoms with E-state index in [-0.39, 0.29) is 6.04 Å². The number of fused-ring (bicyclic) bond motifs is 4. The lowest BCUT2D eigenvalue weighted by Gasteiger charge is -2.40. The number of hydrogen-bond acceptors (Lipinski definition) is 6. The van der Waals surface area contributed by atoms with Crippen molar-refractivity contribution >= 4 is 34.6 Å². The number of para-hydroxylation sites is 5. The van der Waals surface area contributed by atoms with Crippen molar-refractivity contribution in [2.45, 2.75) is 13.0 Å². The van der Waals surface area contributed by atoms with Crippen LogP contribution in [0.25, 0.3) is 5.69 Å². The van der Waals surface area contributed by atoms with Gasteiger partial charge in [0.2, 0.25) is 0 Å². The second-order valence-electron chi connectivity index (χ2n) is 9.46. The normalized spacial score (nSPS) is 15.4. The predicted octanol–water partition coefficient (Wildman–Crippen LogP) is 6.98. The molecular formula is C32H26N6O. The number of nitrogens with one attached hydrogen (secondary N) is 1. The zero-order valence-corrected chi connectivity index (χ0v) is 21.6. The average Bonchev–Trinajstić information content (AvgIpc) is 3.33. The van der Waals surface area contributed by atoms with Gasteiger partial charge in [0.25, 0.3) is 0 Å². The molecule has 0 bridgehead atoms. The van der Waals surface area contributed by atoms with Gasteiger partial charge in [-0.3, -0.25) is 0 Å². The highest BCUT2D eigenvalue weighted by Crippen LogP contribution is 2.48. The second-order valence-corrected chi connectivity index (χ2v) is 9.46. The van der Waals surface area contributed by atoms with Crippen LogP contribution in [0.5, 0.6) is 5.75 Å². The summed E-state index contributed by atoms with van der Waals surface area (Å²) in [5.41, 5.74) is 6.79. The van der Waals surface area contributed by atoms with E-state index in [4.69, 9.17) is 19.8 Å². The van der Waals surface area contributed by atoms with Gasteiger partial charge in [0.1, 0.15) is 5.75 Å². The van der Waals surface area contributed by atoms with Gasteiger partial charge in [-0.25, -0.2) is 14.7 Å². The third-order valence-electron chi connectivity index (χ3n) is 7.11. The Hall–Kier alpha value is -5.17. The number of hydrogen-bond donors (Lipinski definition) is 1. The zero-order valence-electron chi connectivity index (χ0n) is 21.6. The maximum Gasteiger partial charge on any atom is 0.179 e. The Bertz CT molecular complexity index is 1740. The molecule has 7 heteroatoms. The van der Waals surface area contributed by atoms with Crippen molar-refractivity contribution in [1.82, 2.24) is 9.78 Å². The molecule has 1 N–H and O–H groups in total. The quantitative estimate of drug-likeness (QED) is 0.283. The van der Waals surface area contributed by atoms with Crippen molar-refractivity contribution in [3.05, 3.63) is 126 Å². The molecule has 1 unspecified atom stereocenters. The van der Waals surface area contributed by atoms with Crippen LogP contribution in [0, 0.1) is 6.92 Å². The number of aliphatic imine (C=N–C) groups is 2. The van der Waals surface area contributed by atoms with Crippen LogP contribution in [0.1, 0.15) is 22.9 Å². The van der Waals surface area contributed by atoms with Gasteiger partial charge < -0.3 is 15.0 Å². The number of anilines is 2. The third kappa shape index (κ3) is 3.78. The molecule has 39 heavy (non-hydrogen) atoms. The van der Waals surface area contributed by atoms with E-state index in [9.17, 15) is 0 Å². The molecule has 2 aliphatic heterocycles. The van der Waals surface area contributed by atoms with Gasteiger partial charge in [0, 0.05) is 5.56 Å². The SMILES string of the molecule is COc1ccccc1NC1=Nc2ccccc2N2C1=Nc1c(c(C)nn1-c1ccccc1)C2c1ccccc1. The lowest BCUT2D eigenvalue weighted by atomic mass is 9.93. The molecule has 0 radical (unpaired) electrons. The molecule has 3 heterocycles. The van der Waals surface area contributed by atoms with Crippen molar-refractivity contribution in [1.29, 1.82) is 0 Å². The summed E-state index contributed by atoms with van der Waals surface area (Å²) in [6.07, 6.45) is 0. The Morgan fingerprint density at radius 3 is 2.26 bits per heavy atom. The maximum atomic E-state index is 5.63. The molecule has 190 valence electrons. The van der Waals surface area contributed by atoms with Crippen LogP contribution >= 0.6 is 0 Å². The van der Waals surface area contributed by atoms with Crippen LogP contribution in [0.4, 0.5) is 22.9 Å². The smallest absolute Gasteiger partial charge is 0.179 e. The Kier molecular flexibility index (Phi) is 5.48. The molecule has 0 spiro atoms. The Morgan fingerprint density at radius 1 is 0.769 bits per heavy atom. The molecule has 7 nitrogen and oxygen atoms in total. The number of ether oxygens (including phenoxy) is 1. The van der Waals surface area contributed by atoms with E-state index >= 15 is 0 Å². The van der Waals surface area contributed by atoms with Gasteiger partial charge >= 0.3 is 0 Å². The van der Waals surface area contributed by atoms with Crippen LogP contribution < -0.4 is 15.0 Å². The van der Waals surface area contributed by atoms with Crippen LogP contribution in [-0.4, -0.2) is 28.6 Å². The monoisotopic (exact) mass is 510 g/mol. The summed E-state index contributed by atoms with van der Waals surface area (Å²) in [4.78, 5) is 12.6. The summed E-state index contributed by atoms with van der Waals surface area (Å²) >= 11 is 0. The van der Waals surface area contributed by atoms with E-state index in [0.29, 0.717) is 5.84 Å². The first-order chi connectivity index (χ1) is 19.2. The molecule has 4 aromatic carbocycles. The summed E-state index contributed by atoms with van der Waals surface area (Å²) in [6, 6.07) is 36.5. The van der Waals surface area contributed by atoms with E-state index in [1.165, 1.54) is 0 Å². The molecule has 2 aliphatic rings. The largest absolute Gasteiger partial charge is 0.495 e. The highest BCUT2D eigenvalue weighted by Gasteiger charge is 2.41. The number of rotatable bonds is 4. The molecule has 0 aliphatic carbocycles. The van der Waals surface area contributed by atoms with Crippen LogP contribution in [0.2, 0.25) is 0 Å². The first kappa shape index (κ1) is 23.0. The molecule has 1 aromatic heterocycles. The summed E-state index contributed by atoms with van der Waals surface area (Å²) in [5.74, 6) is 2.89. The van der Waals surface area contributed by atoms with Gasteiger partial charge in [-0.15, -0.1) is 0 Å². The zero-order chi connectivity index (χ0) is 26.3. The van der Waals surface area contributed by atoms with Gasteiger partial charge in [-0.1, -0.05) is 72.8 Å². The van der Waals surface area contributed by atoms with Crippen LogP contribution in [0.3, 0.4) is 0 Å². The first-order valence-electron chi connectivity index (χ1n) is 12.9. The Morgan fingerprint density at radius 2 is 1.46 bits per heavy atom. The highest BCUT2D eigenvalue weighted by molar-refractivity contribution is 6.51. The van der Waals surface area contributed by atoms with Crippen molar-refractivity contribution in [2.75, 3.05) is 17.3 Å². The molecule has 7 rings (SSSR count). The van der Waals surface area contributed by atoms with Crippen LogP contribution in [-0.2, 0) is 0 Å². The fraction of sp³-hybridized carbons (Fsp3) is 0.0938. The molecule has 0 saturated carbocycles. The van der Waals surface area contributed by atoms with Gasteiger partial charge in [0.15, 0.2) is 17.5 Å². The predicted molar refractivity (Wildman–Crippen MR) is 156 cm³/mol. The van der Waals surface area contributed by atoms with E-state index < -0.39 is 0 Å². The number of benzene rings is 4. The Labute approximate surface area is 226 Å². The fourth-order valence-corrected chi connectivity index (χ4v) is 5.37. The summed E-state index contributed by atoms with van der Waals surface area (Å²) in [6.45, 7) is 2.06. The highest BCUT2D eigenvalue weighted by atomic mass is 16.5. The molecule has 0 saturated heterocycles. The lowest BCUT2D eigenvalue weighted by Crippen LogP contribution is -2.46. The first-order valence-corrected chi connectivity index (χ1v) is 12.9. The molecular weight excluding hydrogens is 484 g/mol. The standard InChI is InChI=1S/C32H26N6O/c1-21-28-29(22-13-5-3-6-14-22)37-26-19-11-9-17-24(26)33-30(34-25-18-10-12-20-27(25)39-2)32(37)35-31(28)38(36-21)23-15-7-4-8-16-23/h3-20,29H,1-2H3,(H,33,34). The topological polar surface area (TPSA) is 67.0 Å². The molecule has 0 amide bonds. The van der Waals surface area contributed by atoms with Gasteiger partial charge in [0.05, 0.1) is 41.6 Å². The van der Waals surface area contributed by atoms with E-state index in [1.54, 1.807) is 7.11 Å². The van der Waals surface area contributed by atoms with E-state index in [2.05, 4.69) is 59.6 Å². The number of amidine groups is 2. The minimum absolute atomic E-state index is 0.155. The number of methoxy groups -OCH3 is 1. The number of aromatic nitrogens is 2. The molecule has 5 aromatic rings. The minimum Gasteiger partial charge on any atom is -0.495 e. The van der Waals surface area contributed by atoms with Gasteiger partial charge in [-0.2, -0.15) is 5.10 Å². The van der Waals surface area contributed by atoms with Crippen LogP contribution in [0.15, 0.2) is 119 Å². The number of nitrogens with zero attached hydrogens (tertiary/aromatic N) is 5. The fourth-order valence-electron chi connectivity index (χ4n) is 5.37. The van der Waals surface area contributed by atoms with Gasteiger partial charge in [-0.05, 0) is 48.9 Å². The summed E-state index contributed by atoms with van der Waals surface area (Å²) in [5, 5.41) is 8.52. The maximum absolute atomic E-state index is 5.63. The van der Waals surface area contributed by atoms with E-state index in [0.717, 1.165) is 57.0 Å². The van der Waals surface area contributed by atoms with Crippen molar-refractivity contribution in [2.24, 2.45) is 9.98 Å². The summed E-state index contributed by atoms with van der Waals surface area (Å²) in [7, 11) is 1.67. The Balaban J connectivity index is 1.50. The average molecular weight is 511 g/mol. The minimum atomic E-state index is -0.155. The van der Waals surface area contributed by atoms with Crippen molar-refractivity contribution in [3.63, 3.8) is 0 Å². The number of aryl methyl sites for hydroxylation is 1. The van der Waals surface area contributed by atoms with Crippen molar-refractivity contribution in [3.8, 4) is 11.4 Å². The summed E-state index contributed by atoms with van der Waals surface area (Å²) < 4.78 is 7.57.